The minimum atomic E-state index is -0.269. The fourth-order valence-electron chi connectivity index (χ4n) is 2.74. The first-order chi connectivity index (χ1) is 10.1. The summed E-state index contributed by atoms with van der Waals surface area (Å²) in [5.74, 6) is -0.105. The van der Waals surface area contributed by atoms with Gasteiger partial charge in [-0.05, 0) is 5.56 Å². The van der Waals surface area contributed by atoms with Gasteiger partial charge in [0.15, 0.2) is 0 Å². The molecule has 2 unspecified atom stereocenters. The van der Waals surface area contributed by atoms with Crippen molar-refractivity contribution in [3.05, 3.63) is 35.9 Å². The zero-order chi connectivity index (χ0) is 15.2. The Morgan fingerprint density at radius 2 is 1.86 bits per heavy atom. The predicted molar refractivity (Wildman–Crippen MR) is 82.6 cm³/mol. The molecule has 5 nitrogen and oxygen atoms in total. The van der Waals surface area contributed by atoms with Crippen LogP contribution < -0.4 is 5.73 Å². The average molecular weight is 291 g/mol. The van der Waals surface area contributed by atoms with Gasteiger partial charge in [-0.25, -0.2) is 0 Å². The number of carbonyl (C=O) groups excluding carboxylic acids is 1. The van der Waals surface area contributed by atoms with Gasteiger partial charge in [-0.1, -0.05) is 37.3 Å². The third-order valence-corrected chi connectivity index (χ3v) is 4.21. The second-order valence-corrected chi connectivity index (χ2v) is 5.62. The molecule has 1 aromatic carbocycles. The van der Waals surface area contributed by atoms with Crippen LogP contribution in [0.3, 0.4) is 0 Å². The average Bonchev–Trinajstić information content (AvgIpc) is 2.54. The number of hydrogen-bond donors (Lipinski definition) is 2. The van der Waals surface area contributed by atoms with E-state index in [1.54, 1.807) is 0 Å². The highest BCUT2D eigenvalue weighted by atomic mass is 16.3. The Hall–Kier alpha value is -1.43. The van der Waals surface area contributed by atoms with E-state index in [1.165, 1.54) is 0 Å². The smallest absolute Gasteiger partial charge is 0.227 e. The number of aliphatic hydroxyl groups is 1. The highest BCUT2D eigenvalue weighted by Crippen LogP contribution is 2.21. The molecular formula is C16H25N3O2. The second-order valence-electron chi connectivity index (χ2n) is 5.62. The van der Waals surface area contributed by atoms with Crippen molar-refractivity contribution < 1.29 is 9.90 Å². The number of nitrogens with two attached hydrogens (primary N) is 1. The van der Waals surface area contributed by atoms with E-state index in [-0.39, 0.29) is 24.5 Å². The number of piperazine rings is 1. The van der Waals surface area contributed by atoms with Crippen LogP contribution in [0, 0.1) is 5.92 Å². The van der Waals surface area contributed by atoms with Gasteiger partial charge in [0, 0.05) is 38.8 Å². The van der Waals surface area contributed by atoms with Crippen molar-refractivity contribution in [3.8, 4) is 0 Å². The Morgan fingerprint density at radius 3 is 2.43 bits per heavy atom. The number of carbonyl (C=O) groups is 1. The fourth-order valence-corrected chi connectivity index (χ4v) is 2.74. The highest BCUT2D eigenvalue weighted by molar-refractivity contribution is 5.79. The van der Waals surface area contributed by atoms with Crippen molar-refractivity contribution in [3.63, 3.8) is 0 Å². The molecule has 0 bridgehead atoms. The first kappa shape index (κ1) is 15.9. The summed E-state index contributed by atoms with van der Waals surface area (Å²) in [6.45, 7) is 5.82. The molecule has 1 aliphatic rings. The monoisotopic (exact) mass is 291 g/mol. The number of amides is 1. The fraction of sp³-hybridized carbons (Fsp3) is 0.562. The van der Waals surface area contributed by atoms with Gasteiger partial charge in [-0.2, -0.15) is 0 Å². The van der Waals surface area contributed by atoms with E-state index in [0.717, 1.165) is 18.7 Å². The third kappa shape index (κ3) is 4.03. The number of benzene rings is 1. The molecule has 0 saturated carbocycles. The lowest BCUT2D eigenvalue weighted by Gasteiger charge is -2.36. The molecule has 3 N–H and O–H groups in total. The number of β-amino-alcohol motifs (C(OH)–C–C–N with tert-alkyl or cyclic N) is 1. The van der Waals surface area contributed by atoms with Crippen LogP contribution in [0.2, 0.25) is 0 Å². The zero-order valence-corrected chi connectivity index (χ0v) is 12.6. The molecule has 1 saturated heterocycles. The Bertz CT molecular complexity index is 444. The Morgan fingerprint density at radius 1 is 1.24 bits per heavy atom. The van der Waals surface area contributed by atoms with Crippen molar-refractivity contribution in [2.75, 3.05) is 39.3 Å². The first-order valence-corrected chi connectivity index (χ1v) is 7.56. The molecule has 0 spiro atoms. The summed E-state index contributed by atoms with van der Waals surface area (Å²) in [6, 6.07) is 9.50. The molecular weight excluding hydrogens is 266 g/mol. The van der Waals surface area contributed by atoms with Gasteiger partial charge in [-0.3, -0.25) is 9.69 Å². The van der Waals surface area contributed by atoms with E-state index in [4.69, 9.17) is 10.8 Å². The number of hydrogen-bond acceptors (Lipinski definition) is 4. The van der Waals surface area contributed by atoms with Crippen molar-refractivity contribution in [1.29, 1.82) is 0 Å². The van der Waals surface area contributed by atoms with E-state index in [0.29, 0.717) is 19.6 Å². The summed E-state index contributed by atoms with van der Waals surface area (Å²) >= 11 is 0. The normalized spacial score (nSPS) is 19.3. The van der Waals surface area contributed by atoms with Crippen LogP contribution >= 0.6 is 0 Å². The van der Waals surface area contributed by atoms with Crippen LogP contribution in [0.5, 0.6) is 0 Å². The summed E-state index contributed by atoms with van der Waals surface area (Å²) in [4.78, 5) is 16.6. The van der Waals surface area contributed by atoms with Crippen LogP contribution in [0.1, 0.15) is 18.5 Å². The first-order valence-electron chi connectivity index (χ1n) is 7.56. The predicted octanol–water partition coefficient (Wildman–Crippen LogP) is 0.459. The van der Waals surface area contributed by atoms with Crippen molar-refractivity contribution in [2.24, 2.45) is 11.7 Å². The Balaban J connectivity index is 1.91. The Kier molecular flexibility index (Phi) is 5.73. The van der Waals surface area contributed by atoms with Crippen LogP contribution in [0.15, 0.2) is 30.3 Å². The zero-order valence-electron chi connectivity index (χ0n) is 12.6. The van der Waals surface area contributed by atoms with Gasteiger partial charge in [0.25, 0.3) is 0 Å². The standard InChI is InChI=1S/C16H25N3O2/c1-13(15(17)14-5-3-2-4-6-14)16(21)19-9-7-18(8-10-19)11-12-20/h2-6,13,15,20H,7-12,17H2,1H3. The number of aliphatic hydroxyl groups excluding tert-OH is 1. The van der Waals surface area contributed by atoms with Gasteiger partial charge < -0.3 is 15.7 Å². The van der Waals surface area contributed by atoms with E-state index >= 15 is 0 Å². The lowest BCUT2D eigenvalue weighted by molar-refractivity contribution is -0.137. The largest absolute Gasteiger partial charge is 0.395 e. The van der Waals surface area contributed by atoms with Crippen molar-refractivity contribution >= 4 is 5.91 Å². The maximum absolute atomic E-state index is 12.6. The van der Waals surface area contributed by atoms with E-state index in [9.17, 15) is 4.79 Å². The molecule has 1 heterocycles. The Labute approximate surface area is 126 Å². The molecule has 0 radical (unpaired) electrons. The quantitative estimate of drug-likeness (QED) is 0.827. The van der Waals surface area contributed by atoms with Crippen molar-refractivity contribution in [1.82, 2.24) is 9.80 Å². The summed E-state index contributed by atoms with van der Waals surface area (Å²) in [7, 11) is 0. The van der Waals surface area contributed by atoms with Gasteiger partial charge in [0.2, 0.25) is 5.91 Å². The number of nitrogens with zero attached hydrogens (tertiary/aromatic N) is 2. The second kappa shape index (κ2) is 7.54. The highest BCUT2D eigenvalue weighted by Gasteiger charge is 2.28. The summed E-state index contributed by atoms with van der Waals surface area (Å²) in [5, 5.41) is 8.94. The van der Waals surface area contributed by atoms with E-state index in [2.05, 4.69) is 4.90 Å². The van der Waals surface area contributed by atoms with Crippen LogP contribution in [-0.2, 0) is 4.79 Å². The minimum Gasteiger partial charge on any atom is -0.395 e. The van der Waals surface area contributed by atoms with Crippen molar-refractivity contribution in [2.45, 2.75) is 13.0 Å². The lowest BCUT2D eigenvalue weighted by Crippen LogP contribution is -2.51. The van der Waals surface area contributed by atoms with Gasteiger partial charge in [-0.15, -0.1) is 0 Å². The molecule has 2 atom stereocenters. The van der Waals surface area contributed by atoms with Gasteiger partial charge >= 0.3 is 0 Å². The summed E-state index contributed by atoms with van der Waals surface area (Å²) in [6.07, 6.45) is 0. The molecule has 1 aromatic rings. The lowest BCUT2D eigenvalue weighted by atomic mass is 9.94. The third-order valence-electron chi connectivity index (χ3n) is 4.21. The minimum absolute atomic E-state index is 0.120. The summed E-state index contributed by atoms with van der Waals surface area (Å²) in [5.41, 5.74) is 7.23. The molecule has 1 aliphatic heterocycles. The molecule has 0 aromatic heterocycles. The molecule has 116 valence electrons. The van der Waals surface area contributed by atoms with Gasteiger partial charge in [0.05, 0.1) is 12.5 Å². The molecule has 2 rings (SSSR count). The maximum Gasteiger partial charge on any atom is 0.227 e. The molecule has 1 fully saturated rings. The summed E-state index contributed by atoms with van der Waals surface area (Å²) < 4.78 is 0. The van der Waals surface area contributed by atoms with Crippen LogP contribution in [-0.4, -0.2) is 60.1 Å². The molecule has 5 heteroatoms. The molecule has 21 heavy (non-hydrogen) atoms. The SMILES string of the molecule is CC(C(=O)N1CCN(CCO)CC1)C(N)c1ccccc1. The topological polar surface area (TPSA) is 69.8 Å². The van der Waals surface area contributed by atoms with Crippen LogP contribution in [0.4, 0.5) is 0 Å². The van der Waals surface area contributed by atoms with E-state index in [1.807, 2.05) is 42.2 Å². The maximum atomic E-state index is 12.6. The molecule has 0 aliphatic carbocycles. The van der Waals surface area contributed by atoms with Gasteiger partial charge in [0.1, 0.15) is 0 Å². The molecule has 1 amide bonds. The van der Waals surface area contributed by atoms with Crippen LogP contribution in [0.25, 0.3) is 0 Å². The number of rotatable bonds is 5. The van der Waals surface area contributed by atoms with E-state index < -0.39 is 0 Å².